The molecule has 0 radical (unpaired) electrons. The molecule has 21 heavy (non-hydrogen) atoms. The number of carbonyl (C=O) groups is 2. The third-order valence-corrected chi connectivity index (χ3v) is 2.86. The third-order valence-electron chi connectivity index (χ3n) is 2.86. The number of rotatable bonds is 4. The van der Waals surface area contributed by atoms with E-state index in [2.05, 4.69) is 15.3 Å². The minimum absolute atomic E-state index is 0.144. The number of Topliss-reactive ketones (excluding diaryl/α,β-unsaturated/α-hetero) is 1. The predicted octanol–water partition coefficient (Wildman–Crippen LogP) is 4.08. The summed E-state index contributed by atoms with van der Waals surface area (Å²) in [5, 5.41) is 6.14. The van der Waals surface area contributed by atoms with Crippen LogP contribution in [0.25, 0.3) is 10.4 Å². The lowest BCUT2D eigenvalue weighted by Crippen LogP contribution is -2.14. The van der Waals surface area contributed by atoms with Crippen molar-refractivity contribution in [3.63, 3.8) is 0 Å². The van der Waals surface area contributed by atoms with Crippen LogP contribution in [0.3, 0.4) is 0 Å². The predicted molar refractivity (Wildman–Crippen MR) is 79.6 cm³/mol. The lowest BCUT2D eigenvalue weighted by atomic mass is 10.1. The molecule has 0 aliphatic rings. The van der Waals surface area contributed by atoms with E-state index in [1.165, 1.54) is 6.92 Å². The molecule has 2 aromatic rings. The third kappa shape index (κ3) is 3.26. The van der Waals surface area contributed by atoms with E-state index in [9.17, 15) is 9.59 Å². The Labute approximate surface area is 121 Å². The van der Waals surface area contributed by atoms with Gasteiger partial charge in [0.15, 0.2) is 5.78 Å². The SMILES string of the molecule is CC(=O)c1ccccc1NC(=O)c1ccccc1N=[N+]=[N-]. The highest BCUT2D eigenvalue weighted by Gasteiger charge is 2.13. The van der Waals surface area contributed by atoms with Crippen molar-refractivity contribution in [3.05, 3.63) is 70.1 Å². The van der Waals surface area contributed by atoms with Crippen LogP contribution < -0.4 is 5.32 Å². The Morgan fingerprint density at radius 1 is 1.05 bits per heavy atom. The van der Waals surface area contributed by atoms with Crippen molar-refractivity contribution in [3.8, 4) is 0 Å². The van der Waals surface area contributed by atoms with Gasteiger partial charge in [0.25, 0.3) is 5.91 Å². The van der Waals surface area contributed by atoms with Crippen LogP contribution in [0.15, 0.2) is 53.6 Å². The summed E-state index contributed by atoms with van der Waals surface area (Å²) in [4.78, 5) is 26.5. The summed E-state index contributed by atoms with van der Waals surface area (Å²) < 4.78 is 0. The first-order valence-corrected chi connectivity index (χ1v) is 6.19. The second-order valence-electron chi connectivity index (χ2n) is 4.26. The van der Waals surface area contributed by atoms with Crippen molar-refractivity contribution in [1.82, 2.24) is 0 Å². The number of hydrogen-bond acceptors (Lipinski definition) is 3. The van der Waals surface area contributed by atoms with Gasteiger partial charge in [-0.05, 0) is 30.7 Å². The summed E-state index contributed by atoms with van der Waals surface area (Å²) in [5.74, 6) is -0.582. The van der Waals surface area contributed by atoms with E-state index in [1.54, 1.807) is 48.5 Å². The van der Waals surface area contributed by atoms with Gasteiger partial charge in [-0.15, -0.1) is 0 Å². The van der Waals surface area contributed by atoms with E-state index in [4.69, 9.17) is 5.53 Å². The summed E-state index contributed by atoms with van der Waals surface area (Å²) in [6.07, 6.45) is 0. The van der Waals surface area contributed by atoms with Crippen LogP contribution in [-0.4, -0.2) is 11.7 Å². The highest BCUT2D eigenvalue weighted by atomic mass is 16.1. The number of amides is 1. The van der Waals surface area contributed by atoms with Crippen LogP contribution in [0.2, 0.25) is 0 Å². The monoisotopic (exact) mass is 280 g/mol. The first kappa shape index (κ1) is 14.3. The van der Waals surface area contributed by atoms with Gasteiger partial charge in [0.2, 0.25) is 0 Å². The fourth-order valence-electron chi connectivity index (χ4n) is 1.89. The fourth-order valence-corrected chi connectivity index (χ4v) is 1.89. The number of benzene rings is 2. The van der Waals surface area contributed by atoms with E-state index < -0.39 is 5.91 Å². The maximum Gasteiger partial charge on any atom is 0.256 e. The topological polar surface area (TPSA) is 94.9 Å². The van der Waals surface area contributed by atoms with Crippen molar-refractivity contribution >= 4 is 23.1 Å². The Hall–Kier alpha value is -3.11. The second kappa shape index (κ2) is 6.36. The highest BCUT2D eigenvalue weighted by molar-refractivity contribution is 6.11. The molecule has 0 saturated heterocycles. The Kier molecular flexibility index (Phi) is 4.33. The fraction of sp³-hybridized carbons (Fsp3) is 0.0667. The van der Waals surface area contributed by atoms with Crippen LogP contribution in [-0.2, 0) is 0 Å². The minimum Gasteiger partial charge on any atom is -0.321 e. The molecule has 0 atom stereocenters. The number of anilines is 1. The second-order valence-corrected chi connectivity index (χ2v) is 4.26. The molecule has 0 heterocycles. The van der Waals surface area contributed by atoms with Gasteiger partial charge in [0, 0.05) is 16.0 Å². The van der Waals surface area contributed by atoms with Crippen LogP contribution in [0.1, 0.15) is 27.6 Å². The molecular formula is C15H12N4O2. The summed E-state index contributed by atoms with van der Waals surface area (Å²) in [5.41, 5.74) is 9.84. The number of nitrogens with one attached hydrogen (secondary N) is 1. The van der Waals surface area contributed by atoms with Crippen molar-refractivity contribution in [2.24, 2.45) is 5.11 Å². The zero-order chi connectivity index (χ0) is 15.2. The molecule has 0 unspecified atom stereocenters. The van der Waals surface area contributed by atoms with Crippen LogP contribution >= 0.6 is 0 Å². The first-order valence-electron chi connectivity index (χ1n) is 6.19. The normalized spacial score (nSPS) is 9.57. The lowest BCUT2D eigenvalue weighted by Gasteiger charge is -2.10. The number of carbonyl (C=O) groups excluding carboxylic acids is 2. The van der Waals surface area contributed by atoms with E-state index in [0.717, 1.165) is 0 Å². The standard InChI is InChI=1S/C15H12N4O2/c1-10(20)11-6-2-4-8-13(11)17-15(21)12-7-3-5-9-14(12)18-19-16/h2-9H,1H3,(H,17,21). The van der Waals surface area contributed by atoms with Gasteiger partial charge in [-0.3, -0.25) is 9.59 Å². The van der Waals surface area contributed by atoms with Gasteiger partial charge in [0.05, 0.1) is 11.4 Å². The molecule has 0 spiro atoms. The van der Waals surface area contributed by atoms with E-state index in [-0.39, 0.29) is 17.0 Å². The molecule has 104 valence electrons. The van der Waals surface area contributed by atoms with Gasteiger partial charge in [-0.25, -0.2) is 0 Å². The number of ketones is 1. The number of azide groups is 1. The van der Waals surface area contributed by atoms with Crippen LogP contribution in [0.4, 0.5) is 11.4 Å². The average molecular weight is 280 g/mol. The quantitative estimate of drug-likeness (QED) is 0.395. The maximum absolute atomic E-state index is 12.3. The van der Waals surface area contributed by atoms with Crippen molar-refractivity contribution in [2.75, 3.05) is 5.32 Å². The lowest BCUT2D eigenvalue weighted by molar-refractivity contribution is 0.101. The zero-order valence-corrected chi connectivity index (χ0v) is 11.3. The largest absolute Gasteiger partial charge is 0.321 e. The molecule has 1 N–H and O–H groups in total. The molecule has 0 fully saturated rings. The molecule has 0 aromatic heterocycles. The number of hydrogen-bond donors (Lipinski definition) is 1. The number of nitrogens with zero attached hydrogens (tertiary/aromatic N) is 3. The van der Waals surface area contributed by atoms with Crippen molar-refractivity contribution < 1.29 is 9.59 Å². The van der Waals surface area contributed by atoms with Gasteiger partial charge in [-0.2, -0.15) is 0 Å². The molecule has 2 aromatic carbocycles. The Bertz CT molecular complexity index is 749. The van der Waals surface area contributed by atoms with E-state index >= 15 is 0 Å². The van der Waals surface area contributed by atoms with Gasteiger partial charge < -0.3 is 5.32 Å². The van der Waals surface area contributed by atoms with E-state index in [0.29, 0.717) is 11.3 Å². The van der Waals surface area contributed by atoms with Gasteiger partial charge in [0.1, 0.15) is 0 Å². The zero-order valence-electron chi connectivity index (χ0n) is 11.3. The van der Waals surface area contributed by atoms with Gasteiger partial charge in [-0.1, -0.05) is 35.4 Å². The molecular weight excluding hydrogens is 268 g/mol. The molecule has 0 saturated carbocycles. The molecule has 6 heteroatoms. The van der Waals surface area contributed by atoms with Crippen LogP contribution in [0.5, 0.6) is 0 Å². The van der Waals surface area contributed by atoms with Gasteiger partial charge >= 0.3 is 0 Å². The molecule has 0 aliphatic heterocycles. The average Bonchev–Trinajstić information content (AvgIpc) is 2.48. The first-order chi connectivity index (χ1) is 10.1. The summed E-state index contributed by atoms with van der Waals surface area (Å²) in [7, 11) is 0. The smallest absolute Gasteiger partial charge is 0.256 e. The minimum atomic E-state index is -0.438. The van der Waals surface area contributed by atoms with Crippen molar-refractivity contribution in [2.45, 2.75) is 6.92 Å². The summed E-state index contributed by atoms with van der Waals surface area (Å²) in [6, 6.07) is 13.2. The molecule has 0 bridgehead atoms. The molecule has 1 amide bonds. The number of para-hydroxylation sites is 1. The summed E-state index contributed by atoms with van der Waals surface area (Å²) >= 11 is 0. The van der Waals surface area contributed by atoms with E-state index in [1.807, 2.05) is 0 Å². The Morgan fingerprint density at radius 3 is 2.33 bits per heavy atom. The summed E-state index contributed by atoms with van der Waals surface area (Å²) in [6.45, 7) is 1.43. The molecule has 0 aliphatic carbocycles. The van der Waals surface area contributed by atoms with Crippen LogP contribution in [0, 0.1) is 0 Å². The van der Waals surface area contributed by atoms with Crippen molar-refractivity contribution in [1.29, 1.82) is 0 Å². The maximum atomic E-state index is 12.3. The molecule has 6 nitrogen and oxygen atoms in total. The Balaban J connectivity index is 2.35. The molecule has 2 rings (SSSR count). The Morgan fingerprint density at radius 2 is 1.67 bits per heavy atom. The highest BCUT2D eigenvalue weighted by Crippen LogP contribution is 2.22.